The lowest BCUT2D eigenvalue weighted by Crippen LogP contribution is -2.10. The minimum atomic E-state index is 0.425. The molecule has 0 bridgehead atoms. The molecule has 0 radical (unpaired) electrons. The lowest BCUT2D eigenvalue weighted by atomic mass is 10.2. The second-order valence-corrected chi connectivity index (χ2v) is 7.46. The fourth-order valence-electron chi connectivity index (χ4n) is 3.12. The van der Waals surface area contributed by atoms with Gasteiger partial charge in [0.1, 0.15) is 37.1 Å². The molecule has 0 aliphatic carbocycles. The van der Waals surface area contributed by atoms with Gasteiger partial charge in [0.2, 0.25) is 0 Å². The minimum absolute atomic E-state index is 0.425. The standard InChI is InChI=1S/C28H34O6/c1-2-29-13-16-32-26-19-27(33-17-14-30-22-24-9-5-3-6-10-24)21-28(20-26)34-18-15-31-23-25-11-7-4-8-12-25/h3-12,19-21H,2,13-18,22-23H2,1H3. The second-order valence-electron chi connectivity index (χ2n) is 7.46. The third-order valence-electron chi connectivity index (χ3n) is 4.77. The summed E-state index contributed by atoms with van der Waals surface area (Å²) >= 11 is 0. The minimum Gasteiger partial charge on any atom is -0.491 e. The zero-order chi connectivity index (χ0) is 23.7. The van der Waals surface area contributed by atoms with Crippen molar-refractivity contribution in [2.75, 3.05) is 46.2 Å². The van der Waals surface area contributed by atoms with E-state index in [0.29, 0.717) is 76.7 Å². The number of benzene rings is 3. The largest absolute Gasteiger partial charge is 0.491 e. The van der Waals surface area contributed by atoms with Gasteiger partial charge in [0.05, 0.1) is 33.0 Å². The van der Waals surface area contributed by atoms with Crippen molar-refractivity contribution in [2.45, 2.75) is 20.1 Å². The number of rotatable bonds is 17. The van der Waals surface area contributed by atoms with Crippen molar-refractivity contribution >= 4 is 0 Å². The smallest absolute Gasteiger partial charge is 0.126 e. The zero-order valence-electron chi connectivity index (χ0n) is 19.8. The third kappa shape index (κ3) is 10.3. The molecule has 0 N–H and O–H groups in total. The van der Waals surface area contributed by atoms with Crippen LogP contribution < -0.4 is 14.2 Å². The summed E-state index contributed by atoms with van der Waals surface area (Å²) in [5.74, 6) is 2.00. The molecular formula is C28H34O6. The fraction of sp³-hybridized carbons (Fsp3) is 0.357. The Labute approximate surface area is 202 Å². The summed E-state index contributed by atoms with van der Waals surface area (Å²) in [5.41, 5.74) is 2.27. The molecule has 34 heavy (non-hydrogen) atoms. The maximum atomic E-state index is 5.89. The molecular weight excluding hydrogens is 432 g/mol. The summed E-state index contributed by atoms with van der Waals surface area (Å²) in [7, 11) is 0. The molecule has 0 aliphatic rings. The first-order chi connectivity index (χ1) is 16.8. The topological polar surface area (TPSA) is 55.4 Å². The van der Waals surface area contributed by atoms with Gasteiger partial charge in [-0.1, -0.05) is 60.7 Å². The van der Waals surface area contributed by atoms with Crippen LogP contribution in [0.1, 0.15) is 18.1 Å². The van der Waals surface area contributed by atoms with Crippen LogP contribution in [0.15, 0.2) is 78.9 Å². The Hall–Kier alpha value is -3.06. The Bertz CT molecular complexity index is 849. The van der Waals surface area contributed by atoms with E-state index in [2.05, 4.69) is 0 Å². The molecule has 3 aromatic rings. The summed E-state index contributed by atoms with van der Waals surface area (Å²) in [6.45, 7) is 6.53. The Morgan fingerprint density at radius 1 is 0.471 bits per heavy atom. The maximum Gasteiger partial charge on any atom is 0.126 e. The van der Waals surface area contributed by atoms with Crippen molar-refractivity contribution in [3.8, 4) is 17.2 Å². The summed E-state index contributed by atoms with van der Waals surface area (Å²) in [5, 5.41) is 0. The van der Waals surface area contributed by atoms with Gasteiger partial charge in [-0.2, -0.15) is 0 Å². The molecule has 0 saturated carbocycles. The predicted molar refractivity (Wildman–Crippen MR) is 132 cm³/mol. The van der Waals surface area contributed by atoms with E-state index in [9.17, 15) is 0 Å². The summed E-state index contributed by atoms with van der Waals surface area (Å²) in [4.78, 5) is 0. The molecule has 0 aromatic heterocycles. The van der Waals surface area contributed by atoms with E-state index in [1.165, 1.54) is 0 Å². The second kappa shape index (κ2) is 15.7. The summed E-state index contributed by atoms with van der Waals surface area (Å²) in [6.07, 6.45) is 0. The van der Waals surface area contributed by atoms with Gasteiger partial charge in [-0.15, -0.1) is 0 Å². The molecule has 0 unspecified atom stereocenters. The molecule has 0 fully saturated rings. The molecule has 0 spiro atoms. The van der Waals surface area contributed by atoms with E-state index < -0.39 is 0 Å². The van der Waals surface area contributed by atoms with Crippen LogP contribution in [0, 0.1) is 0 Å². The highest BCUT2D eigenvalue weighted by atomic mass is 16.5. The maximum absolute atomic E-state index is 5.89. The van der Waals surface area contributed by atoms with Crippen LogP contribution in [0.5, 0.6) is 17.2 Å². The fourth-order valence-corrected chi connectivity index (χ4v) is 3.12. The van der Waals surface area contributed by atoms with Crippen LogP contribution in [-0.4, -0.2) is 46.2 Å². The number of hydrogen-bond donors (Lipinski definition) is 0. The normalized spacial score (nSPS) is 10.7. The highest BCUT2D eigenvalue weighted by Gasteiger charge is 2.06. The lowest BCUT2D eigenvalue weighted by Gasteiger charge is -2.14. The third-order valence-corrected chi connectivity index (χ3v) is 4.77. The zero-order valence-corrected chi connectivity index (χ0v) is 19.8. The van der Waals surface area contributed by atoms with Gasteiger partial charge in [-0.3, -0.25) is 0 Å². The van der Waals surface area contributed by atoms with Crippen LogP contribution in [0.25, 0.3) is 0 Å². The van der Waals surface area contributed by atoms with E-state index in [4.69, 9.17) is 28.4 Å². The van der Waals surface area contributed by atoms with Gasteiger partial charge in [0.15, 0.2) is 0 Å². The molecule has 0 heterocycles. The molecule has 6 nitrogen and oxygen atoms in total. The van der Waals surface area contributed by atoms with Crippen molar-refractivity contribution in [1.29, 1.82) is 0 Å². The van der Waals surface area contributed by atoms with Gasteiger partial charge < -0.3 is 28.4 Å². The van der Waals surface area contributed by atoms with Gasteiger partial charge in [-0.05, 0) is 18.1 Å². The molecule has 0 saturated heterocycles. The van der Waals surface area contributed by atoms with E-state index in [0.717, 1.165) is 11.1 Å². The van der Waals surface area contributed by atoms with Gasteiger partial charge in [0, 0.05) is 24.8 Å². The Balaban J connectivity index is 1.44. The average Bonchev–Trinajstić information content (AvgIpc) is 2.87. The van der Waals surface area contributed by atoms with E-state index >= 15 is 0 Å². The average molecular weight is 467 g/mol. The summed E-state index contributed by atoms with van der Waals surface area (Å²) < 4.78 is 34.3. The van der Waals surface area contributed by atoms with Gasteiger partial charge in [-0.25, -0.2) is 0 Å². The first kappa shape index (κ1) is 25.6. The first-order valence-electron chi connectivity index (χ1n) is 11.7. The van der Waals surface area contributed by atoms with Gasteiger partial charge in [0.25, 0.3) is 0 Å². The molecule has 6 heteroatoms. The molecule has 0 atom stereocenters. The molecule has 3 aromatic carbocycles. The highest BCUT2D eigenvalue weighted by molar-refractivity contribution is 5.42. The monoisotopic (exact) mass is 466 g/mol. The summed E-state index contributed by atoms with van der Waals surface area (Å²) in [6, 6.07) is 25.7. The predicted octanol–water partition coefficient (Wildman–Crippen LogP) is 5.29. The highest BCUT2D eigenvalue weighted by Crippen LogP contribution is 2.28. The van der Waals surface area contributed by atoms with Crippen molar-refractivity contribution in [3.63, 3.8) is 0 Å². The number of hydrogen-bond acceptors (Lipinski definition) is 6. The molecule has 182 valence electrons. The Kier molecular flexibility index (Phi) is 11.8. The van der Waals surface area contributed by atoms with Crippen molar-refractivity contribution in [2.24, 2.45) is 0 Å². The number of ether oxygens (including phenoxy) is 6. The Morgan fingerprint density at radius 3 is 1.24 bits per heavy atom. The molecule has 0 aliphatic heterocycles. The lowest BCUT2D eigenvalue weighted by molar-refractivity contribution is 0.0861. The van der Waals surface area contributed by atoms with Crippen molar-refractivity contribution in [3.05, 3.63) is 90.0 Å². The SMILES string of the molecule is CCOCCOc1cc(OCCOCc2ccccc2)cc(OCCOCc2ccccc2)c1. The van der Waals surface area contributed by atoms with Crippen molar-refractivity contribution < 1.29 is 28.4 Å². The van der Waals surface area contributed by atoms with Crippen LogP contribution in [-0.2, 0) is 27.4 Å². The first-order valence-corrected chi connectivity index (χ1v) is 11.7. The van der Waals surface area contributed by atoms with E-state index in [1.807, 2.05) is 85.8 Å². The van der Waals surface area contributed by atoms with Crippen LogP contribution in [0.2, 0.25) is 0 Å². The Morgan fingerprint density at radius 2 is 0.853 bits per heavy atom. The van der Waals surface area contributed by atoms with Gasteiger partial charge >= 0.3 is 0 Å². The van der Waals surface area contributed by atoms with Crippen LogP contribution in [0.3, 0.4) is 0 Å². The molecule has 0 amide bonds. The van der Waals surface area contributed by atoms with Crippen LogP contribution in [0.4, 0.5) is 0 Å². The van der Waals surface area contributed by atoms with Crippen molar-refractivity contribution in [1.82, 2.24) is 0 Å². The van der Waals surface area contributed by atoms with Crippen LogP contribution >= 0.6 is 0 Å². The van der Waals surface area contributed by atoms with E-state index in [1.54, 1.807) is 0 Å². The molecule has 3 rings (SSSR count). The van der Waals surface area contributed by atoms with E-state index in [-0.39, 0.29) is 0 Å². The quantitative estimate of drug-likeness (QED) is 0.252.